The standard InChI is InChI=1S/C14H22Cl3N/c1-2-3-4-5-6-7-9-12(14(15,16)17)13-10-8-11-18-13/h8,10-12,18H,2-7,9H2,1H3. The first-order valence-electron chi connectivity index (χ1n) is 6.75. The van der Waals surface area contributed by atoms with Crippen molar-refractivity contribution in [2.45, 2.75) is 61.6 Å². The molecule has 104 valence electrons. The molecule has 18 heavy (non-hydrogen) atoms. The van der Waals surface area contributed by atoms with Gasteiger partial charge in [-0.3, -0.25) is 0 Å². The molecule has 0 aromatic carbocycles. The van der Waals surface area contributed by atoms with E-state index < -0.39 is 3.79 Å². The molecule has 0 saturated carbocycles. The number of nitrogens with one attached hydrogen (secondary N) is 1. The largest absolute Gasteiger partial charge is 0.365 e. The van der Waals surface area contributed by atoms with Crippen LogP contribution in [-0.2, 0) is 0 Å². The van der Waals surface area contributed by atoms with E-state index in [1.807, 2.05) is 18.3 Å². The van der Waals surface area contributed by atoms with Gasteiger partial charge in [0.15, 0.2) is 3.79 Å². The molecule has 0 aliphatic rings. The monoisotopic (exact) mass is 309 g/mol. The second-order valence-corrected chi connectivity index (χ2v) is 7.15. The molecule has 0 spiro atoms. The van der Waals surface area contributed by atoms with Crippen LogP contribution in [0.15, 0.2) is 18.3 Å². The molecule has 0 saturated heterocycles. The summed E-state index contributed by atoms with van der Waals surface area (Å²) in [6.45, 7) is 2.23. The van der Waals surface area contributed by atoms with Crippen molar-refractivity contribution in [2.75, 3.05) is 0 Å². The van der Waals surface area contributed by atoms with Gasteiger partial charge in [0, 0.05) is 17.8 Å². The Balaban J connectivity index is 2.35. The number of hydrogen-bond donors (Lipinski definition) is 1. The van der Waals surface area contributed by atoms with Crippen molar-refractivity contribution in [2.24, 2.45) is 0 Å². The molecule has 1 aromatic rings. The zero-order valence-corrected chi connectivity index (χ0v) is 13.2. The molecule has 0 amide bonds. The molecule has 1 unspecified atom stereocenters. The van der Waals surface area contributed by atoms with E-state index in [0.717, 1.165) is 18.5 Å². The highest BCUT2D eigenvalue weighted by Crippen LogP contribution is 2.43. The third-order valence-electron chi connectivity index (χ3n) is 3.24. The van der Waals surface area contributed by atoms with Crippen molar-refractivity contribution in [3.63, 3.8) is 0 Å². The number of alkyl halides is 3. The lowest BCUT2D eigenvalue weighted by atomic mass is 9.98. The van der Waals surface area contributed by atoms with Gasteiger partial charge in [0.2, 0.25) is 0 Å². The lowest BCUT2D eigenvalue weighted by molar-refractivity contribution is 0.536. The Hall–Kier alpha value is 0.150. The van der Waals surface area contributed by atoms with Crippen LogP contribution in [0.2, 0.25) is 0 Å². The van der Waals surface area contributed by atoms with E-state index in [1.165, 1.54) is 32.1 Å². The van der Waals surface area contributed by atoms with Crippen molar-refractivity contribution in [1.82, 2.24) is 4.98 Å². The van der Waals surface area contributed by atoms with Crippen molar-refractivity contribution in [3.05, 3.63) is 24.0 Å². The number of H-pyrrole nitrogens is 1. The summed E-state index contributed by atoms with van der Waals surface area (Å²) in [5.74, 6) is -0.0383. The normalized spacial score (nSPS) is 13.8. The number of hydrogen-bond acceptors (Lipinski definition) is 0. The maximum absolute atomic E-state index is 6.06. The summed E-state index contributed by atoms with van der Waals surface area (Å²) in [5.41, 5.74) is 1.02. The van der Waals surface area contributed by atoms with Gasteiger partial charge in [-0.15, -0.1) is 0 Å². The molecule has 0 aliphatic heterocycles. The van der Waals surface area contributed by atoms with E-state index in [-0.39, 0.29) is 5.92 Å². The van der Waals surface area contributed by atoms with E-state index in [1.54, 1.807) is 0 Å². The van der Waals surface area contributed by atoms with Gasteiger partial charge in [0.05, 0.1) is 0 Å². The Bertz CT molecular complexity index is 303. The highest BCUT2D eigenvalue weighted by Gasteiger charge is 2.33. The van der Waals surface area contributed by atoms with Crippen molar-refractivity contribution in [3.8, 4) is 0 Å². The molecular formula is C14H22Cl3N. The van der Waals surface area contributed by atoms with Gasteiger partial charge >= 0.3 is 0 Å². The van der Waals surface area contributed by atoms with Gasteiger partial charge in [0.25, 0.3) is 0 Å². The first kappa shape index (κ1) is 16.2. The van der Waals surface area contributed by atoms with E-state index in [4.69, 9.17) is 34.8 Å². The predicted octanol–water partition coefficient (Wildman–Crippen LogP) is 6.22. The minimum atomic E-state index is -1.23. The second kappa shape index (κ2) is 8.35. The minimum Gasteiger partial charge on any atom is -0.365 e. The van der Waals surface area contributed by atoms with E-state index >= 15 is 0 Å². The molecule has 1 aromatic heterocycles. The molecular weight excluding hydrogens is 289 g/mol. The van der Waals surface area contributed by atoms with Crippen LogP contribution >= 0.6 is 34.8 Å². The molecule has 1 nitrogen and oxygen atoms in total. The number of unbranched alkanes of at least 4 members (excludes halogenated alkanes) is 5. The van der Waals surface area contributed by atoms with E-state index in [2.05, 4.69) is 11.9 Å². The molecule has 1 N–H and O–H groups in total. The van der Waals surface area contributed by atoms with Gasteiger partial charge < -0.3 is 4.98 Å². The molecule has 4 heteroatoms. The van der Waals surface area contributed by atoms with Crippen LogP contribution in [-0.4, -0.2) is 8.78 Å². The number of rotatable bonds is 8. The van der Waals surface area contributed by atoms with Gasteiger partial charge in [-0.1, -0.05) is 80.3 Å². The quantitative estimate of drug-likeness (QED) is 0.433. The van der Waals surface area contributed by atoms with Crippen LogP contribution in [0.25, 0.3) is 0 Å². The summed E-state index contributed by atoms with van der Waals surface area (Å²) in [4.78, 5) is 3.15. The smallest absolute Gasteiger partial charge is 0.198 e. The van der Waals surface area contributed by atoms with Crippen LogP contribution in [0, 0.1) is 0 Å². The van der Waals surface area contributed by atoms with Gasteiger partial charge in [-0.05, 0) is 18.6 Å². The van der Waals surface area contributed by atoms with Crippen LogP contribution in [0.3, 0.4) is 0 Å². The highest BCUT2D eigenvalue weighted by atomic mass is 35.6. The summed E-state index contributed by atoms with van der Waals surface area (Å²) < 4.78 is -1.23. The average Bonchev–Trinajstić information content (AvgIpc) is 2.79. The van der Waals surface area contributed by atoms with E-state index in [9.17, 15) is 0 Å². The lowest BCUT2D eigenvalue weighted by Crippen LogP contribution is -2.17. The van der Waals surface area contributed by atoms with Gasteiger partial charge in [-0.25, -0.2) is 0 Å². The van der Waals surface area contributed by atoms with Crippen molar-refractivity contribution >= 4 is 34.8 Å². The zero-order valence-electron chi connectivity index (χ0n) is 10.9. The Kier molecular flexibility index (Phi) is 7.51. The third-order valence-corrected chi connectivity index (χ3v) is 4.03. The maximum Gasteiger partial charge on any atom is 0.198 e. The summed E-state index contributed by atoms with van der Waals surface area (Å²) >= 11 is 18.2. The van der Waals surface area contributed by atoms with E-state index in [0.29, 0.717) is 0 Å². The SMILES string of the molecule is CCCCCCCCC(c1ccc[nH]1)C(Cl)(Cl)Cl. The fraction of sp³-hybridized carbons (Fsp3) is 0.714. The summed E-state index contributed by atoms with van der Waals surface area (Å²) in [6, 6.07) is 3.93. The van der Waals surface area contributed by atoms with Gasteiger partial charge in [-0.2, -0.15) is 0 Å². The summed E-state index contributed by atoms with van der Waals surface area (Å²) in [7, 11) is 0. The first-order chi connectivity index (χ1) is 8.55. The average molecular weight is 311 g/mol. The summed E-state index contributed by atoms with van der Waals surface area (Å²) in [5, 5.41) is 0. The summed E-state index contributed by atoms with van der Waals surface area (Å²) in [6.07, 6.45) is 10.3. The number of aromatic nitrogens is 1. The first-order valence-corrected chi connectivity index (χ1v) is 7.89. The Morgan fingerprint density at radius 2 is 1.78 bits per heavy atom. The third kappa shape index (κ3) is 5.86. The van der Waals surface area contributed by atoms with Crippen LogP contribution < -0.4 is 0 Å². The molecule has 0 radical (unpaired) electrons. The molecule has 1 atom stereocenters. The topological polar surface area (TPSA) is 15.8 Å². The lowest BCUT2D eigenvalue weighted by Gasteiger charge is -2.23. The van der Waals surface area contributed by atoms with Crippen LogP contribution in [0.1, 0.15) is 63.5 Å². The number of aromatic amines is 1. The highest BCUT2D eigenvalue weighted by molar-refractivity contribution is 6.68. The zero-order chi connectivity index (χ0) is 13.4. The molecule has 0 bridgehead atoms. The molecule has 1 rings (SSSR count). The predicted molar refractivity (Wildman–Crippen MR) is 81.8 cm³/mol. The van der Waals surface area contributed by atoms with Crippen molar-refractivity contribution in [1.29, 1.82) is 0 Å². The molecule has 0 fully saturated rings. The Labute approximate surface area is 125 Å². The molecule has 0 aliphatic carbocycles. The fourth-order valence-corrected chi connectivity index (χ4v) is 2.87. The van der Waals surface area contributed by atoms with Crippen molar-refractivity contribution < 1.29 is 0 Å². The Morgan fingerprint density at radius 1 is 1.11 bits per heavy atom. The number of halogens is 3. The maximum atomic E-state index is 6.06. The molecule has 1 heterocycles. The minimum absolute atomic E-state index is 0.0383. The van der Waals surface area contributed by atoms with Crippen LogP contribution in [0.5, 0.6) is 0 Å². The fourth-order valence-electron chi connectivity index (χ4n) is 2.19. The van der Waals surface area contributed by atoms with Crippen LogP contribution in [0.4, 0.5) is 0 Å². The second-order valence-electron chi connectivity index (χ2n) is 4.78. The van der Waals surface area contributed by atoms with Gasteiger partial charge in [0.1, 0.15) is 0 Å². The Morgan fingerprint density at radius 3 is 2.33 bits per heavy atom.